The maximum absolute atomic E-state index is 13.2. The lowest BCUT2D eigenvalue weighted by atomic mass is 10.1. The van der Waals surface area contributed by atoms with Crippen molar-refractivity contribution in [2.45, 2.75) is 26.0 Å². The van der Waals surface area contributed by atoms with Crippen LogP contribution in [0.2, 0.25) is 0 Å². The van der Waals surface area contributed by atoms with E-state index in [0.717, 1.165) is 16.6 Å². The number of anilines is 1. The molecule has 3 aromatic rings. The van der Waals surface area contributed by atoms with Crippen LogP contribution in [0.3, 0.4) is 0 Å². The Bertz CT molecular complexity index is 1200. The van der Waals surface area contributed by atoms with Crippen molar-refractivity contribution in [1.82, 2.24) is 20.2 Å². The number of nitrogens with zero attached hydrogens (tertiary/aromatic N) is 4. The quantitative estimate of drug-likeness (QED) is 0.600. The smallest absolute Gasteiger partial charge is 0.269 e. The van der Waals surface area contributed by atoms with Crippen LogP contribution >= 0.6 is 0 Å². The summed E-state index contributed by atoms with van der Waals surface area (Å²) in [5.41, 5.74) is 0.206. The van der Waals surface area contributed by atoms with Gasteiger partial charge in [0, 0.05) is 50.4 Å². The number of pyridine rings is 2. The first-order valence-corrected chi connectivity index (χ1v) is 11.2. The molecule has 0 saturated carbocycles. The molecule has 1 aromatic carbocycles. The maximum atomic E-state index is 13.2. The molecule has 178 valence electrons. The van der Waals surface area contributed by atoms with Crippen LogP contribution in [0, 0.1) is 0 Å². The lowest BCUT2D eigenvalue weighted by Gasteiger charge is -2.41. The molecule has 0 bridgehead atoms. The second-order valence-electron chi connectivity index (χ2n) is 8.24. The van der Waals surface area contributed by atoms with E-state index >= 15 is 0 Å². The summed E-state index contributed by atoms with van der Waals surface area (Å²) in [4.78, 5) is 37.9. The van der Waals surface area contributed by atoms with E-state index in [9.17, 15) is 9.59 Å². The van der Waals surface area contributed by atoms with Crippen molar-refractivity contribution in [2.75, 3.05) is 38.7 Å². The molecule has 1 aliphatic heterocycles. The van der Waals surface area contributed by atoms with Gasteiger partial charge in [0.05, 0.1) is 13.3 Å². The van der Waals surface area contributed by atoms with Gasteiger partial charge in [0.25, 0.3) is 11.8 Å². The molecule has 2 amide bonds. The number of nitrogens with one attached hydrogen (secondary N) is 1. The molecule has 1 aliphatic rings. The van der Waals surface area contributed by atoms with Gasteiger partial charge in [-0.2, -0.15) is 0 Å². The first kappa shape index (κ1) is 23.3. The Morgan fingerprint density at radius 1 is 1.15 bits per heavy atom. The number of carbonyl (C=O) groups excluding carboxylic acids is 2. The number of piperazine rings is 1. The molecular weight excluding hydrogens is 434 g/mol. The van der Waals surface area contributed by atoms with Crippen LogP contribution in [-0.4, -0.2) is 72.6 Å². The minimum atomic E-state index is -0.744. The standard InChI is InChI=1S/C25H29N5O4/c1-16-15-29(23-19-8-6-5-7-18(19)9-10-27-23)11-12-30(16)25(32)17(2)34-22-14-28-20(24(31)26-3)13-21(22)33-4/h5-10,13-14,16-17H,11-12,15H2,1-4H3,(H,26,31)/t16-,17+/m1/s1. The summed E-state index contributed by atoms with van der Waals surface area (Å²) in [6, 6.07) is 11.7. The molecule has 0 radical (unpaired) electrons. The molecule has 1 fully saturated rings. The molecule has 9 heteroatoms. The Morgan fingerprint density at radius 3 is 2.68 bits per heavy atom. The van der Waals surface area contributed by atoms with Crippen LogP contribution in [0.15, 0.2) is 48.8 Å². The van der Waals surface area contributed by atoms with Crippen molar-refractivity contribution >= 4 is 28.4 Å². The van der Waals surface area contributed by atoms with Gasteiger partial charge in [-0.25, -0.2) is 9.97 Å². The van der Waals surface area contributed by atoms with Crippen molar-refractivity contribution in [1.29, 1.82) is 0 Å². The zero-order valence-corrected chi connectivity index (χ0v) is 19.8. The largest absolute Gasteiger partial charge is 0.493 e. The molecule has 1 saturated heterocycles. The summed E-state index contributed by atoms with van der Waals surface area (Å²) in [7, 11) is 3.00. The van der Waals surface area contributed by atoms with Crippen molar-refractivity contribution in [3.8, 4) is 11.5 Å². The van der Waals surface area contributed by atoms with Gasteiger partial charge in [0.15, 0.2) is 17.6 Å². The number of rotatable bonds is 6. The van der Waals surface area contributed by atoms with Crippen molar-refractivity contribution < 1.29 is 19.1 Å². The SMILES string of the molecule is CNC(=O)c1cc(OC)c(O[C@@H](C)C(=O)N2CCN(c3nccc4ccccc34)C[C@H]2C)cn1. The fourth-order valence-electron chi connectivity index (χ4n) is 4.23. The van der Waals surface area contributed by atoms with Crippen LogP contribution in [0.25, 0.3) is 10.8 Å². The summed E-state index contributed by atoms with van der Waals surface area (Å²) < 4.78 is 11.2. The Balaban J connectivity index is 1.44. The van der Waals surface area contributed by atoms with E-state index < -0.39 is 6.10 Å². The van der Waals surface area contributed by atoms with Crippen LogP contribution in [-0.2, 0) is 4.79 Å². The number of aromatic nitrogens is 2. The van der Waals surface area contributed by atoms with E-state index in [1.807, 2.05) is 36.2 Å². The molecule has 0 aliphatic carbocycles. The minimum absolute atomic E-state index is 0.0243. The lowest BCUT2D eigenvalue weighted by molar-refractivity contribution is -0.140. The van der Waals surface area contributed by atoms with E-state index in [-0.39, 0.29) is 23.6 Å². The average Bonchev–Trinajstić information content (AvgIpc) is 2.87. The zero-order chi connectivity index (χ0) is 24.2. The maximum Gasteiger partial charge on any atom is 0.269 e. The third-order valence-corrected chi connectivity index (χ3v) is 6.03. The fraction of sp³-hybridized carbons (Fsp3) is 0.360. The highest BCUT2D eigenvalue weighted by atomic mass is 16.5. The normalized spacial score (nSPS) is 16.8. The van der Waals surface area contributed by atoms with Gasteiger partial charge in [-0.1, -0.05) is 24.3 Å². The summed E-state index contributed by atoms with van der Waals surface area (Å²) in [6.45, 7) is 5.65. The Morgan fingerprint density at radius 2 is 1.94 bits per heavy atom. The highest BCUT2D eigenvalue weighted by Crippen LogP contribution is 2.29. The van der Waals surface area contributed by atoms with Gasteiger partial charge in [0.1, 0.15) is 11.5 Å². The highest BCUT2D eigenvalue weighted by Gasteiger charge is 2.32. The van der Waals surface area contributed by atoms with Gasteiger partial charge >= 0.3 is 0 Å². The summed E-state index contributed by atoms with van der Waals surface area (Å²) >= 11 is 0. The van der Waals surface area contributed by atoms with Crippen LogP contribution in [0.4, 0.5) is 5.82 Å². The molecular formula is C25H29N5O4. The molecule has 9 nitrogen and oxygen atoms in total. The third-order valence-electron chi connectivity index (χ3n) is 6.03. The fourth-order valence-corrected chi connectivity index (χ4v) is 4.23. The number of amides is 2. The van der Waals surface area contributed by atoms with E-state index in [1.165, 1.54) is 26.4 Å². The second kappa shape index (κ2) is 9.94. The topological polar surface area (TPSA) is 96.9 Å². The Kier molecular flexibility index (Phi) is 6.81. The lowest BCUT2D eigenvalue weighted by Crippen LogP contribution is -2.56. The van der Waals surface area contributed by atoms with Gasteiger partial charge in [-0.15, -0.1) is 0 Å². The predicted octanol–water partition coefficient (Wildman–Crippen LogP) is 2.50. The van der Waals surface area contributed by atoms with Crippen LogP contribution in [0.5, 0.6) is 11.5 Å². The predicted molar refractivity (Wildman–Crippen MR) is 129 cm³/mol. The summed E-state index contributed by atoms with van der Waals surface area (Å²) in [5, 5.41) is 4.77. The van der Waals surface area contributed by atoms with Gasteiger partial charge in [-0.3, -0.25) is 9.59 Å². The number of benzene rings is 1. The van der Waals surface area contributed by atoms with E-state index in [4.69, 9.17) is 9.47 Å². The summed E-state index contributed by atoms with van der Waals surface area (Å²) in [5.74, 6) is 1.14. The Labute approximate surface area is 198 Å². The monoisotopic (exact) mass is 463 g/mol. The van der Waals surface area contributed by atoms with E-state index in [1.54, 1.807) is 6.92 Å². The minimum Gasteiger partial charge on any atom is -0.493 e. The molecule has 2 aromatic heterocycles. The number of carbonyl (C=O) groups is 2. The Hall–Kier alpha value is -3.88. The van der Waals surface area contributed by atoms with Crippen molar-refractivity contribution in [3.63, 3.8) is 0 Å². The second-order valence-corrected chi connectivity index (χ2v) is 8.24. The molecule has 1 N–H and O–H groups in total. The first-order chi connectivity index (χ1) is 16.4. The highest BCUT2D eigenvalue weighted by molar-refractivity contribution is 5.93. The third kappa shape index (κ3) is 4.59. The van der Waals surface area contributed by atoms with Crippen LogP contribution < -0.4 is 19.7 Å². The van der Waals surface area contributed by atoms with Crippen LogP contribution in [0.1, 0.15) is 24.3 Å². The molecule has 0 unspecified atom stereocenters. The van der Waals surface area contributed by atoms with Gasteiger partial charge < -0.3 is 24.6 Å². The number of hydrogen-bond donors (Lipinski definition) is 1. The van der Waals surface area contributed by atoms with Gasteiger partial charge in [-0.05, 0) is 25.3 Å². The average molecular weight is 464 g/mol. The van der Waals surface area contributed by atoms with Gasteiger partial charge in [0.2, 0.25) is 0 Å². The zero-order valence-electron chi connectivity index (χ0n) is 19.8. The summed E-state index contributed by atoms with van der Waals surface area (Å²) in [6.07, 6.45) is 2.49. The van der Waals surface area contributed by atoms with Crippen molar-refractivity contribution in [2.24, 2.45) is 0 Å². The molecule has 4 rings (SSSR count). The number of hydrogen-bond acceptors (Lipinski definition) is 7. The molecule has 3 heterocycles. The van der Waals surface area contributed by atoms with Crippen molar-refractivity contribution in [3.05, 3.63) is 54.5 Å². The number of ether oxygens (including phenoxy) is 2. The number of methoxy groups -OCH3 is 1. The number of fused-ring (bicyclic) bond motifs is 1. The van der Waals surface area contributed by atoms with E-state index in [2.05, 4.69) is 32.3 Å². The first-order valence-electron chi connectivity index (χ1n) is 11.2. The molecule has 0 spiro atoms. The molecule has 34 heavy (non-hydrogen) atoms. The van der Waals surface area contributed by atoms with E-state index in [0.29, 0.717) is 31.1 Å². The molecule has 2 atom stereocenters.